The van der Waals surface area contributed by atoms with Crippen molar-refractivity contribution >= 4 is 21.6 Å². The van der Waals surface area contributed by atoms with Crippen LogP contribution in [-0.2, 0) is 14.8 Å². The van der Waals surface area contributed by atoms with Crippen LogP contribution in [0, 0.1) is 13.8 Å². The van der Waals surface area contributed by atoms with Gasteiger partial charge in [0.15, 0.2) is 0 Å². The Hall–Kier alpha value is -3.16. The van der Waals surface area contributed by atoms with Gasteiger partial charge >= 0.3 is 0 Å². The molecule has 0 N–H and O–H groups in total. The van der Waals surface area contributed by atoms with E-state index in [0.717, 1.165) is 24.2 Å². The van der Waals surface area contributed by atoms with Crippen molar-refractivity contribution in [2.75, 3.05) is 43.3 Å². The molecular weight excluding hydrogens is 482 g/mol. The number of nitrogens with zero attached hydrogens (tertiary/aromatic N) is 3. The lowest BCUT2D eigenvalue weighted by Gasteiger charge is -2.40. The number of carbonyl (C=O) groups excluding carboxylic acids is 1. The minimum absolute atomic E-state index is 0.0880. The van der Waals surface area contributed by atoms with E-state index in [2.05, 4.69) is 53.4 Å². The van der Waals surface area contributed by atoms with Crippen LogP contribution in [0.3, 0.4) is 0 Å². The molecule has 1 aliphatic rings. The van der Waals surface area contributed by atoms with Crippen molar-refractivity contribution in [1.82, 2.24) is 9.80 Å². The highest BCUT2D eigenvalue weighted by atomic mass is 32.2. The van der Waals surface area contributed by atoms with E-state index < -0.39 is 10.0 Å². The third-order valence-electron chi connectivity index (χ3n) is 7.05. The first kappa shape index (κ1) is 26.9. The lowest BCUT2D eigenvalue weighted by molar-refractivity contribution is -0.133. The Labute approximate surface area is 221 Å². The minimum atomic E-state index is -3.45. The Morgan fingerprint density at radius 2 is 1.43 bits per heavy atom. The largest absolute Gasteiger partial charge is 0.340 e. The number of hydrogen-bond acceptors (Lipinski definition) is 4. The summed E-state index contributed by atoms with van der Waals surface area (Å²) in [6.45, 7) is 7.07. The standard InChI is InChI=1S/C30H37N3O3S/c1-24-16-17-25(2)28(23-24)33(37(3,35)36)18-10-15-29(34)31-19-21-32(22-20-31)30(26-11-6-4-7-12-26)27-13-8-5-9-14-27/h4-9,11-14,16-17,23,30H,10,15,18-22H2,1-3H3. The SMILES string of the molecule is Cc1ccc(C)c(N(CCCC(=O)N2CCN(C(c3ccccc3)c3ccccc3)CC2)S(C)(=O)=O)c1. The number of carbonyl (C=O) groups is 1. The molecule has 0 unspecified atom stereocenters. The second kappa shape index (κ2) is 11.9. The zero-order chi connectivity index (χ0) is 26.4. The first-order valence-electron chi connectivity index (χ1n) is 12.9. The van der Waals surface area contributed by atoms with Crippen molar-refractivity contribution in [2.24, 2.45) is 0 Å². The van der Waals surface area contributed by atoms with E-state index in [1.165, 1.54) is 21.7 Å². The summed E-state index contributed by atoms with van der Waals surface area (Å²) in [6, 6.07) is 27.0. The van der Waals surface area contributed by atoms with Gasteiger partial charge in [-0.3, -0.25) is 14.0 Å². The fourth-order valence-electron chi connectivity index (χ4n) is 5.10. The number of aryl methyl sites for hydroxylation is 2. The molecule has 0 radical (unpaired) electrons. The first-order valence-corrected chi connectivity index (χ1v) is 14.8. The van der Waals surface area contributed by atoms with Crippen molar-refractivity contribution in [1.29, 1.82) is 0 Å². The lowest BCUT2D eigenvalue weighted by Crippen LogP contribution is -2.50. The molecule has 0 bridgehead atoms. The van der Waals surface area contributed by atoms with Crippen LogP contribution < -0.4 is 4.31 Å². The molecule has 0 aromatic heterocycles. The molecule has 37 heavy (non-hydrogen) atoms. The molecule has 1 heterocycles. The Bertz CT molecular complexity index is 1250. The number of amides is 1. The van der Waals surface area contributed by atoms with E-state index in [1.807, 2.05) is 49.1 Å². The van der Waals surface area contributed by atoms with Gasteiger partial charge in [0, 0.05) is 39.1 Å². The fourth-order valence-corrected chi connectivity index (χ4v) is 6.11. The summed E-state index contributed by atoms with van der Waals surface area (Å²) in [7, 11) is -3.45. The summed E-state index contributed by atoms with van der Waals surface area (Å²) in [4.78, 5) is 17.4. The van der Waals surface area contributed by atoms with Gasteiger partial charge in [-0.1, -0.05) is 72.8 Å². The third kappa shape index (κ3) is 6.79. The van der Waals surface area contributed by atoms with Crippen LogP contribution in [0.25, 0.3) is 0 Å². The van der Waals surface area contributed by atoms with Crippen LogP contribution in [0.1, 0.15) is 41.1 Å². The van der Waals surface area contributed by atoms with Crippen molar-refractivity contribution in [3.8, 4) is 0 Å². The van der Waals surface area contributed by atoms with Crippen LogP contribution in [0.2, 0.25) is 0 Å². The van der Waals surface area contributed by atoms with Gasteiger partial charge in [-0.05, 0) is 48.6 Å². The van der Waals surface area contributed by atoms with Crippen LogP contribution in [0.4, 0.5) is 5.69 Å². The average molecular weight is 520 g/mol. The first-order chi connectivity index (χ1) is 17.7. The van der Waals surface area contributed by atoms with Crippen LogP contribution >= 0.6 is 0 Å². The van der Waals surface area contributed by atoms with Crippen LogP contribution in [0.5, 0.6) is 0 Å². The lowest BCUT2D eigenvalue weighted by atomic mass is 9.96. The molecule has 0 saturated carbocycles. The fraction of sp³-hybridized carbons (Fsp3) is 0.367. The number of rotatable bonds is 9. The van der Waals surface area contributed by atoms with Gasteiger partial charge in [0.05, 0.1) is 18.0 Å². The Morgan fingerprint density at radius 1 is 0.865 bits per heavy atom. The zero-order valence-corrected chi connectivity index (χ0v) is 22.8. The smallest absolute Gasteiger partial charge is 0.232 e. The highest BCUT2D eigenvalue weighted by molar-refractivity contribution is 7.92. The van der Waals surface area contributed by atoms with Gasteiger partial charge in [0.1, 0.15) is 0 Å². The number of piperazine rings is 1. The maximum Gasteiger partial charge on any atom is 0.232 e. The second-order valence-corrected chi connectivity index (χ2v) is 11.8. The van der Waals surface area contributed by atoms with Crippen molar-refractivity contribution < 1.29 is 13.2 Å². The van der Waals surface area contributed by atoms with Crippen molar-refractivity contribution in [3.05, 3.63) is 101 Å². The topological polar surface area (TPSA) is 60.9 Å². The van der Waals surface area contributed by atoms with E-state index >= 15 is 0 Å². The number of sulfonamides is 1. The summed E-state index contributed by atoms with van der Waals surface area (Å²) in [5, 5.41) is 0. The predicted octanol–water partition coefficient (Wildman–Crippen LogP) is 4.78. The maximum absolute atomic E-state index is 13.0. The van der Waals surface area contributed by atoms with E-state index in [-0.39, 0.29) is 11.9 Å². The normalized spacial score (nSPS) is 14.6. The second-order valence-electron chi connectivity index (χ2n) is 9.87. The number of anilines is 1. The number of benzene rings is 3. The van der Waals surface area contributed by atoms with Gasteiger partial charge in [-0.25, -0.2) is 8.42 Å². The highest BCUT2D eigenvalue weighted by Gasteiger charge is 2.28. The van der Waals surface area contributed by atoms with Gasteiger partial charge in [0.25, 0.3) is 0 Å². The molecule has 0 spiro atoms. The van der Waals surface area contributed by atoms with E-state index in [0.29, 0.717) is 38.2 Å². The average Bonchev–Trinajstić information content (AvgIpc) is 2.89. The molecule has 0 aliphatic carbocycles. The van der Waals surface area contributed by atoms with E-state index in [1.54, 1.807) is 0 Å². The van der Waals surface area contributed by atoms with Gasteiger partial charge in [-0.15, -0.1) is 0 Å². The maximum atomic E-state index is 13.0. The van der Waals surface area contributed by atoms with Crippen LogP contribution in [0.15, 0.2) is 78.9 Å². The summed E-state index contributed by atoms with van der Waals surface area (Å²) in [5.74, 6) is 0.0880. The van der Waals surface area contributed by atoms with Crippen molar-refractivity contribution in [2.45, 2.75) is 32.7 Å². The predicted molar refractivity (Wildman–Crippen MR) is 150 cm³/mol. The summed E-state index contributed by atoms with van der Waals surface area (Å²) in [5.41, 5.74) is 5.11. The van der Waals surface area contributed by atoms with Gasteiger partial charge < -0.3 is 4.90 Å². The monoisotopic (exact) mass is 519 g/mol. The molecule has 196 valence electrons. The van der Waals surface area contributed by atoms with E-state index in [9.17, 15) is 13.2 Å². The quantitative estimate of drug-likeness (QED) is 0.408. The summed E-state index contributed by atoms with van der Waals surface area (Å²) < 4.78 is 26.5. The van der Waals surface area contributed by atoms with Gasteiger partial charge in [0.2, 0.25) is 15.9 Å². The molecule has 3 aromatic carbocycles. The highest BCUT2D eigenvalue weighted by Crippen LogP contribution is 2.30. The third-order valence-corrected chi connectivity index (χ3v) is 8.23. The minimum Gasteiger partial charge on any atom is -0.340 e. The molecule has 1 aliphatic heterocycles. The summed E-state index contributed by atoms with van der Waals surface area (Å²) >= 11 is 0. The molecular formula is C30H37N3O3S. The number of hydrogen-bond donors (Lipinski definition) is 0. The molecule has 0 atom stereocenters. The Balaban J connectivity index is 1.36. The molecule has 3 aromatic rings. The Morgan fingerprint density at radius 3 is 1.97 bits per heavy atom. The van der Waals surface area contributed by atoms with Crippen LogP contribution in [-0.4, -0.2) is 63.1 Å². The molecule has 1 amide bonds. The zero-order valence-electron chi connectivity index (χ0n) is 22.0. The molecule has 7 heteroatoms. The van der Waals surface area contributed by atoms with E-state index in [4.69, 9.17) is 0 Å². The Kier molecular flexibility index (Phi) is 8.67. The molecule has 6 nitrogen and oxygen atoms in total. The molecule has 1 fully saturated rings. The molecule has 1 saturated heterocycles. The van der Waals surface area contributed by atoms with Crippen molar-refractivity contribution in [3.63, 3.8) is 0 Å². The van der Waals surface area contributed by atoms with Gasteiger partial charge in [-0.2, -0.15) is 0 Å². The summed E-state index contributed by atoms with van der Waals surface area (Å²) in [6.07, 6.45) is 2.04. The molecule has 4 rings (SSSR count).